The lowest BCUT2D eigenvalue weighted by atomic mass is 10.3. The second-order valence-electron chi connectivity index (χ2n) is 3.27. The van der Waals surface area contributed by atoms with Crippen LogP contribution in [0.2, 0.25) is 0 Å². The molecule has 0 spiro atoms. The van der Waals surface area contributed by atoms with Crippen LogP contribution in [0.5, 0.6) is 0 Å². The van der Waals surface area contributed by atoms with E-state index in [1.54, 1.807) is 18.6 Å². The number of hydrogen-bond donors (Lipinski definition) is 1. The Kier molecular flexibility index (Phi) is 3.78. The molecule has 6 heteroatoms. The number of carboxylic acids is 1. The van der Waals surface area contributed by atoms with Crippen molar-refractivity contribution < 1.29 is 18.7 Å². The molecule has 0 saturated heterocycles. The Morgan fingerprint density at radius 3 is 2.72 bits per heavy atom. The molecular weight excluding hydrogens is 302 g/mol. The number of carbonyl (C=O) groups is 1. The number of halogens is 1. The maximum absolute atomic E-state index is 10.5. The number of pyridine rings is 1. The van der Waals surface area contributed by atoms with Crippen molar-refractivity contribution in [1.82, 2.24) is 4.98 Å². The van der Waals surface area contributed by atoms with Crippen LogP contribution in [0.25, 0.3) is 11.0 Å². The molecule has 3 aromatic heterocycles. The van der Waals surface area contributed by atoms with Crippen LogP contribution in [0.4, 0.5) is 0 Å². The highest BCUT2D eigenvalue weighted by atomic mass is 79.9. The number of carboxylic acid groups (broad SMARTS) is 1. The van der Waals surface area contributed by atoms with Gasteiger partial charge in [-0.15, -0.1) is 0 Å². The highest BCUT2D eigenvalue weighted by molar-refractivity contribution is 9.10. The number of nitrogens with zero attached hydrogens (tertiary/aromatic N) is 1. The van der Waals surface area contributed by atoms with Crippen molar-refractivity contribution in [2.75, 3.05) is 0 Å². The van der Waals surface area contributed by atoms with Gasteiger partial charge in [-0.25, -0.2) is 9.78 Å². The van der Waals surface area contributed by atoms with Crippen molar-refractivity contribution >= 4 is 32.9 Å². The lowest BCUT2D eigenvalue weighted by molar-refractivity contribution is 0.0690. The molecule has 0 aliphatic rings. The van der Waals surface area contributed by atoms with Gasteiger partial charge in [-0.3, -0.25) is 0 Å². The van der Waals surface area contributed by atoms with Gasteiger partial charge in [-0.05, 0) is 28.1 Å². The van der Waals surface area contributed by atoms with Crippen molar-refractivity contribution in [1.29, 1.82) is 0 Å². The van der Waals surface area contributed by atoms with Crippen molar-refractivity contribution in [2.45, 2.75) is 0 Å². The molecule has 0 fully saturated rings. The lowest BCUT2D eigenvalue weighted by Crippen LogP contribution is -1.98. The van der Waals surface area contributed by atoms with Gasteiger partial charge >= 0.3 is 5.97 Å². The van der Waals surface area contributed by atoms with E-state index in [1.807, 2.05) is 6.07 Å². The summed E-state index contributed by atoms with van der Waals surface area (Å²) in [6, 6.07) is 4.96. The van der Waals surface area contributed by atoms with E-state index >= 15 is 0 Å². The van der Waals surface area contributed by atoms with Crippen LogP contribution in [0, 0.1) is 0 Å². The van der Waals surface area contributed by atoms with Gasteiger partial charge in [-0.2, -0.15) is 0 Å². The average molecular weight is 310 g/mol. The summed E-state index contributed by atoms with van der Waals surface area (Å²) in [6.45, 7) is 0. The third kappa shape index (κ3) is 2.98. The van der Waals surface area contributed by atoms with Gasteiger partial charge in [0, 0.05) is 17.6 Å². The van der Waals surface area contributed by atoms with Crippen LogP contribution in [-0.2, 0) is 0 Å². The van der Waals surface area contributed by atoms with Crippen molar-refractivity contribution in [3.8, 4) is 0 Å². The summed E-state index contributed by atoms with van der Waals surface area (Å²) in [6.07, 6.45) is 6.21. The van der Waals surface area contributed by atoms with Gasteiger partial charge in [0.05, 0.1) is 17.0 Å². The SMILES string of the molecule is Brc1ccoc1.O=C(O)c1cc2occc2cn1. The van der Waals surface area contributed by atoms with Gasteiger partial charge in [0.25, 0.3) is 0 Å². The minimum absolute atomic E-state index is 0.00236. The molecule has 0 amide bonds. The molecule has 0 aromatic carbocycles. The minimum atomic E-state index is -1.05. The Balaban J connectivity index is 0.000000169. The van der Waals surface area contributed by atoms with Crippen LogP contribution in [0.3, 0.4) is 0 Å². The number of aromatic carboxylic acids is 1. The fourth-order valence-corrected chi connectivity index (χ4v) is 1.44. The molecule has 92 valence electrons. The Bertz CT molecular complexity index is 645. The number of furan rings is 2. The molecule has 0 aliphatic carbocycles. The molecule has 0 radical (unpaired) electrons. The van der Waals surface area contributed by atoms with Gasteiger partial charge in [-0.1, -0.05) is 0 Å². The average Bonchev–Trinajstić information content (AvgIpc) is 2.99. The smallest absolute Gasteiger partial charge is 0.354 e. The summed E-state index contributed by atoms with van der Waals surface area (Å²) in [7, 11) is 0. The number of hydrogen-bond acceptors (Lipinski definition) is 4. The molecule has 0 saturated carbocycles. The maximum Gasteiger partial charge on any atom is 0.354 e. The minimum Gasteiger partial charge on any atom is -0.477 e. The normalized spacial score (nSPS) is 9.83. The highest BCUT2D eigenvalue weighted by Crippen LogP contribution is 2.14. The molecule has 0 atom stereocenters. The van der Waals surface area contributed by atoms with E-state index < -0.39 is 5.97 Å². The van der Waals surface area contributed by atoms with Crippen molar-refractivity contribution in [3.05, 3.63) is 53.4 Å². The fraction of sp³-hybridized carbons (Fsp3) is 0. The Morgan fingerprint density at radius 1 is 1.33 bits per heavy atom. The molecular formula is C12H8BrNO4. The zero-order valence-corrected chi connectivity index (χ0v) is 10.6. The number of rotatable bonds is 1. The van der Waals surface area contributed by atoms with E-state index in [9.17, 15) is 4.79 Å². The van der Waals surface area contributed by atoms with E-state index in [0.29, 0.717) is 5.58 Å². The van der Waals surface area contributed by atoms with E-state index in [4.69, 9.17) is 9.52 Å². The maximum atomic E-state index is 10.5. The van der Waals surface area contributed by atoms with E-state index in [1.165, 1.54) is 18.5 Å². The lowest BCUT2D eigenvalue weighted by Gasteiger charge is -1.91. The molecule has 0 unspecified atom stereocenters. The van der Waals surface area contributed by atoms with Crippen molar-refractivity contribution in [3.63, 3.8) is 0 Å². The summed E-state index contributed by atoms with van der Waals surface area (Å²) >= 11 is 3.19. The number of aromatic nitrogens is 1. The first kappa shape index (κ1) is 12.4. The zero-order chi connectivity index (χ0) is 13.0. The Hall–Kier alpha value is -2.08. The standard InChI is InChI=1S/C8H5NO3.C4H3BrO/c10-8(11)6-3-7-5(4-9-6)1-2-12-7;5-4-1-2-6-3-4/h1-4H,(H,10,11);1-3H. The monoisotopic (exact) mass is 309 g/mol. The van der Waals surface area contributed by atoms with Crippen molar-refractivity contribution in [2.24, 2.45) is 0 Å². The molecule has 3 rings (SSSR count). The molecule has 5 nitrogen and oxygen atoms in total. The summed E-state index contributed by atoms with van der Waals surface area (Å²) in [5.74, 6) is -1.05. The van der Waals surface area contributed by atoms with E-state index in [-0.39, 0.29) is 5.69 Å². The van der Waals surface area contributed by atoms with Crippen LogP contribution < -0.4 is 0 Å². The second-order valence-corrected chi connectivity index (χ2v) is 4.19. The van der Waals surface area contributed by atoms with Gasteiger partial charge < -0.3 is 13.9 Å². The largest absolute Gasteiger partial charge is 0.477 e. The van der Waals surface area contributed by atoms with Crippen LogP contribution >= 0.6 is 15.9 Å². The predicted octanol–water partition coefficient (Wildman–Crippen LogP) is 3.57. The van der Waals surface area contributed by atoms with Gasteiger partial charge in [0.2, 0.25) is 0 Å². The molecule has 18 heavy (non-hydrogen) atoms. The Labute approximate surface area is 110 Å². The van der Waals surface area contributed by atoms with Gasteiger partial charge in [0.15, 0.2) is 5.69 Å². The predicted molar refractivity (Wildman–Crippen MR) is 67.4 cm³/mol. The highest BCUT2D eigenvalue weighted by Gasteiger charge is 2.06. The molecule has 0 bridgehead atoms. The molecule has 3 heterocycles. The quantitative estimate of drug-likeness (QED) is 0.743. The van der Waals surface area contributed by atoms with E-state index in [2.05, 4.69) is 25.3 Å². The second kappa shape index (κ2) is 5.50. The number of fused-ring (bicyclic) bond motifs is 1. The van der Waals surface area contributed by atoms with Crippen LogP contribution in [0.1, 0.15) is 10.5 Å². The summed E-state index contributed by atoms with van der Waals surface area (Å²) in [5.41, 5.74) is 0.542. The first-order valence-corrected chi connectivity index (χ1v) is 5.70. The van der Waals surface area contributed by atoms with Gasteiger partial charge in [0.1, 0.15) is 11.8 Å². The van der Waals surface area contributed by atoms with E-state index in [0.717, 1.165) is 9.86 Å². The topological polar surface area (TPSA) is 76.5 Å². The summed E-state index contributed by atoms with van der Waals surface area (Å²) < 4.78 is 10.7. The molecule has 0 aliphatic heterocycles. The Morgan fingerprint density at radius 2 is 2.17 bits per heavy atom. The summed E-state index contributed by atoms with van der Waals surface area (Å²) in [4.78, 5) is 14.2. The first-order valence-electron chi connectivity index (χ1n) is 4.91. The van der Waals surface area contributed by atoms with Crippen LogP contribution in [-0.4, -0.2) is 16.1 Å². The first-order chi connectivity index (χ1) is 8.66. The van der Waals surface area contributed by atoms with Crippen LogP contribution in [0.15, 0.2) is 56.5 Å². The fourth-order valence-electron chi connectivity index (χ4n) is 1.22. The third-order valence-corrected chi connectivity index (χ3v) is 2.49. The third-order valence-electron chi connectivity index (χ3n) is 2.04. The summed E-state index contributed by atoms with van der Waals surface area (Å²) in [5, 5.41) is 9.38. The molecule has 1 N–H and O–H groups in total. The molecule has 3 aromatic rings. The zero-order valence-electron chi connectivity index (χ0n) is 9.04.